The van der Waals surface area contributed by atoms with Gasteiger partial charge >= 0.3 is 0 Å². The Morgan fingerprint density at radius 3 is 2.47 bits per heavy atom. The summed E-state index contributed by atoms with van der Waals surface area (Å²) in [4.78, 5) is 41.9. The molecule has 0 saturated carbocycles. The molecule has 0 N–H and O–H groups in total. The molecule has 3 saturated heterocycles. The van der Waals surface area contributed by atoms with E-state index in [0.717, 1.165) is 48.6 Å². The summed E-state index contributed by atoms with van der Waals surface area (Å²) in [6, 6.07) is 6.39. The van der Waals surface area contributed by atoms with E-state index in [0.29, 0.717) is 26.1 Å². The van der Waals surface area contributed by atoms with E-state index in [-0.39, 0.29) is 17.7 Å². The largest absolute Gasteiger partial charge is 0.368 e. The van der Waals surface area contributed by atoms with Gasteiger partial charge in [-0.25, -0.2) is 9.97 Å². The molecular weight excluding hydrogens is 380 g/mol. The fourth-order valence-corrected chi connectivity index (χ4v) is 4.88. The Kier molecular flexibility index (Phi) is 4.92. The van der Waals surface area contributed by atoms with E-state index in [4.69, 9.17) is 0 Å². The summed E-state index contributed by atoms with van der Waals surface area (Å²) in [6.07, 6.45) is 4.43. The number of carbonyl (C=O) groups is 2. The number of amides is 2. The Balaban J connectivity index is 1.29. The van der Waals surface area contributed by atoms with Gasteiger partial charge in [-0.15, -0.1) is 0 Å². The van der Waals surface area contributed by atoms with Gasteiger partial charge in [-0.1, -0.05) is 0 Å². The lowest BCUT2D eigenvalue weighted by atomic mass is 10.1. The van der Waals surface area contributed by atoms with Crippen LogP contribution in [-0.4, -0.2) is 84.4 Å². The van der Waals surface area contributed by atoms with Crippen molar-refractivity contribution >= 4 is 34.2 Å². The molecule has 2 aromatic rings. The Bertz CT molecular complexity index is 965. The van der Waals surface area contributed by atoms with Gasteiger partial charge in [0.2, 0.25) is 11.8 Å². The van der Waals surface area contributed by atoms with Crippen molar-refractivity contribution in [3.8, 4) is 0 Å². The molecule has 8 nitrogen and oxygen atoms in total. The average molecular weight is 409 g/mol. The quantitative estimate of drug-likeness (QED) is 0.764. The van der Waals surface area contributed by atoms with Crippen LogP contribution in [0.3, 0.4) is 0 Å². The molecule has 30 heavy (non-hydrogen) atoms. The molecule has 158 valence electrons. The van der Waals surface area contributed by atoms with Gasteiger partial charge < -0.3 is 19.6 Å². The second-order valence-electron chi connectivity index (χ2n) is 8.58. The van der Waals surface area contributed by atoms with E-state index in [1.807, 2.05) is 4.90 Å². The Labute approximate surface area is 176 Å². The number of piperazine rings is 1. The van der Waals surface area contributed by atoms with E-state index in [2.05, 4.69) is 38.0 Å². The summed E-state index contributed by atoms with van der Waals surface area (Å²) in [5.74, 6) is 1.04. The molecule has 5 rings (SSSR count). The highest BCUT2D eigenvalue weighted by Gasteiger charge is 2.35. The van der Waals surface area contributed by atoms with Gasteiger partial charge in [0.25, 0.3) is 0 Å². The number of likely N-dealkylation sites (tertiary alicyclic amines) is 1. The molecule has 2 amide bonds. The molecule has 3 aliphatic rings. The molecule has 3 aliphatic heterocycles. The normalized spacial score (nSPS) is 22.4. The van der Waals surface area contributed by atoms with Crippen molar-refractivity contribution in [2.45, 2.75) is 19.3 Å². The molecule has 1 unspecified atom stereocenters. The summed E-state index contributed by atoms with van der Waals surface area (Å²) in [6.45, 7) is 5.61. The van der Waals surface area contributed by atoms with Crippen molar-refractivity contribution in [1.82, 2.24) is 19.8 Å². The van der Waals surface area contributed by atoms with Crippen LogP contribution in [-0.2, 0) is 9.59 Å². The number of hydrogen-bond donors (Lipinski definition) is 0. The molecule has 0 spiro atoms. The molecule has 3 fully saturated rings. The predicted octanol–water partition coefficient (Wildman–Crippen LogP) is 1.36. The third-order valence-corrected chi connectivity index (χ3v) is 6.65. The molecule has 0 aliphatic carbocycles. The van der Waals surface area contributed by atoms with Crippen molar-refractivity contribution in [2.75, 3.05) is 62.7 Å². The topological polar surface area (TPSA) is 72.9 Å². The number of rotatable bonds is 3. The lowest BCUT2D eigenvalue weighted by Gasteiger charge is -2.37. The van der Waals surface area contributed by atoms with Crippen LogP contribution in [0.5, 0.6) is 0 Å². The summed E-state index contributed by atoms with van der Waals surface area (Å²) < 4.78 is 0. The second kappa shape index (κ2) is 7.74. The molecule has 4 heterocycles. The standard InChI is InChI=1S/C22H28N6O2/c1-25-14-16(12-20(25)29)22(30)28-10-8-26(9-11-28)17-4-5-19-18(13-17)21(24-15-23-19)27-6-2-3-7-27/h4-5,13,15-16H,2-3,6-12,14H2,1H3. The van der Waals surface area contributed by atoms with E-state index >= 15 is 0 Å². The highest BCUT2D eigenvalue weighted by molar-refractivity contribution is 5.92. The van der Waals surface area contributed by atoms with Gasteiger partial charge in [-0.2, -0.15) is 0 Å². The van der Waals surface area contributed by atoms with Crippen LogP contribution >= 0.6 is 0 Å². The SMILES string of the molecule is CN1CC(C(=O)N2CCN(c3ccc4ncnc(N5CCCC5)c4c3)CC2)CC1=O. The van der Waals surface area contributed by atoms with Gasteiger partial charge in [-0.05, 0) is 31.0 Å². The summed E-state index contributed by atoms with van der Waals surface area (Å²) in [7, 11) is 1.77. The first kappa shape index (κ1) is 19.1. The molecular formula is C22H28N6O2. The third kappa shape index (κ3) is 3.44. The Morgan fingerprint density at radius 2 is 1.77 bits per heavy atom. The maximum Gasteiger partial charge on any atom is 0.228 e. The van der Waals surface area contributed by atoms with Gasteiger partial charge in [0.05, 0.1) is 11.4 Å². The minimum atomic E-state index is -0.185. The summed E-state index contributed by atoms with van der Waals surface area (Å²) >= 11 is 0. The first-order valence-electron chi connectivity index (χ1n) is 10.9. The van der Waals surface area contributed by atoms with E-state index < -0.39 is 0 Å². The zero-order chi connectivity index (χ0) is 20.7. The van der Waals surface area contributed by atoms with Crippen LogP contribution in [0.25, 0.3) is 10.9 Å². The van der Waals surface area contributed by atoms with Crippen molar-refractivity contribution in [2.24, 2.45) is 5.92 Å². The fraction of sp³-hybridized carbons (Fsp3) is 0.545. The molecule has 1 aromatic carbocycles. The van der Waals surface area contributed by atoms with E-state index in [9.17, 15) is 9.59 Å². The number of benzene rings is 1. The number of carbonyl (C=O) groups excluding carboxylic acids is 2. The molecule has 0 radical (unpaired) electrons. The molecule has 1 aromatic heterocycles. The number of nitrogens with zero attached hydrogens (tertiary/aromatic N) is 6. The Hall–Kier alpha value is -2.90. The maximum absolute atomic E-state index is 12.8. The van der Waals surface area contributed by atoms with Crippen molar-refractivity contribution in [3.05, 3.63) is 24.5 Å². The number of anilines is 2. The number of hydrogen-bond acceptors (Lipinski definition) is 6. The van der Waals surface area contributed by atoms with E-state index in [1.165, 1.54) is 12.8 Å². The smallest absolute Gasteiger partial charge is 0.228 e. The fourth-order valence-electron chi connectivity index (χ4n) is 4.88. The number of fused-ring (bicyclic) bond motifs is 1. The molecule has 8 heteroatoms. The van der Waals surface area contributed by atoms with Crippen molar-refractivity contribution in [3.63, 3.8) is 0 Å². The van der Waals surface area contributed by atoms with E-state index in [1.54, 1.807) is 18.3 Å². The highest BCUT2D eigenvalue weighted by atomic mass is 16.2. The summed E-state index contributed by atoms with van der Waals surface area (Å²) in [5, 5.41) is 1.10. The number of aromatic nitrogens is 2. The predicted molar refractivity (Wildman–Crippen MR) is 116 cm³/mol. The minimum Gasteiger partial charge on any atom is -0.368 e. The Morgan fingerprint density at radius 1 is 1.00 bits per heavy atom. The van der Waals surface area contributed by atoms with Crippen LogP contribution in [0.1, 0.15) is 19.3 Å². The summed E-state index contributed by atoms with van der Waals surface area (Å²) in [5.41, 5.74) is 2.13. The van der Waals surface area contributed by atoms with Crippen molar-refractivity contribution < 1.29 is 9.59 Å². The minimum absolute atomic E-state index is 0.0687. The lowest BCUT2D eigenvalue weighted by molar-refractivity contribution is -0.136. The van der Waals surface area contributed by atoms with Crippen LogP contribution in [0.4, 0.5) is 11.5 Å². The maximum atomic E-state index is 12.8. The van der Waals surface area contributed by atoms with Crippen LogP contribution in [0.2, 0.25) is 0 Å². The van der Waals surface area contributed by atoms with Crippen LogP contribution < -0.4 is 9.80 Å². The first-order chi connectivity index (χ1) is 14.6. The van der Waals surface area contributed by atoms with Gasteiger partial charge in [0.1, 0.15) is 12.1 Å². The van der Waals surface area contributed by atoms with Gasteiger partial charge in [0.15, 0.2) is 0 Å². The van der Waals surface area contributed by atoms with Crippen LogP contribution in [0.15, 0.2) is 24.5 Å². The van der Waals surface area contributed by atoms with Gasteiger partial charge in [0, 0.05) is 70.4 Å². The monoisotopic (exact) mass is 408 g/mol. The molecule has 1 atom stereocenters. The van der Waals surface area contributed by atoms with Crippen molar-refractivity contribution in [1.29, 1.82) is 0 Å². The second-order valence-corrected chi connectivity index (χ2v) is 8.58. The van der Waals surface area contributed by atoms with Crippen LogP contribution in [0, 0.1) is 5.92 Å². The molecule has 0 bridgehead atoms. The highest BCUT2D eigenvalue weighted by Crippen LogP contribution is 2.30. The first-order valence-corrected chi connectivity index (χ1v) is 10.9. The van der Waals surface area contributed by atoms with Gasteiger partial charge in [-0.3, -0.25) is 9.59 Å². The third-order valence-electron chi connectivity index (χ3n) is 6.65. The zero-order valence-corrected chi connectivity index (χ0v) is 17.5. The lowest BCUT2D eigenvalue weighted by Crippen LogP contribution is -2.50. The zero-order valence-electron chi connectivity index (χ0n) is 17.5. The average Bonchev–Trinajstić information content (AvgIpc) is 3.43.